The smallest absolute Gasteiger partial charge is 0.247 e. The summed E-state index contributed by atoms with van der Waals surface area (Å²) in [6.07, 6.45) is 4.35. The van der Waals surface area contributed by atoms with E-state index >= 15 is 0 Å². The maximum Gasteiger partial charge on any atom is 0.247 e. The number of halogens is 2. The Balaban J connectivity index is 2.52. The Morgan fingerprint density at radius 2 is 1.83 bits per heavy atom. The average Bonchev–Trinajstić information content (AvgIpc) is 2.39. The summed E-state index contributed by atoms with van der Waals surface area (Å²) in [5, 5.41) is 0. The molecule has 0 atom stereocenters. The van der Waals surface area contributed by atoms with Gasteiger partial charge in [-0.25, -0.2) is 8.78 Å². The van der Waals surface area contributed by atoms with Gasteiger partial charge in [-0.3, -0.25) is 0 Å². The van der Waals surface area contributed by atoms with Crippen molar-refractivity contribution in [2.75, 3.05) is 0 Å². The summed E-state index contributed by atoms with van der Waals surface area (Å²) in [5.74, 6) is -1.57. The fourth-order valence-electron chi connectivity index (χ4n) is 2.11. The van der Waals surface area contributed by atoms with E-state index < -0.39 is 11.6 Å². The van der Waals surface area contributed by atoms with Crippen LogP contribution in [0.5, 0.6) is 0 Å². The zero-order valence-electron chi connectivity index (χ0n) is 10.9. The first kappa shape index (κ1) is 15.3. The fraction of sp³-hybridized carbons (Fsp3) is 0.571. The molecule has 1 aromatic rings. The second kappa shape index (κ2) is 7.00. The van der Waals surface area contributed by atoms with Crippen molar-refractivity contribution in [1.82, 2.24) is 0 Å². The molecule has 0 saturated carbocycles. The molecule has 0 N–H and O–H groups in total. The molecular formula is C14H19F2OSi. The van der Waals surface area contributed by atoms with Gasteiger partial charge >= 0.3 is 0 Å². The van der Waals surface area contributed by atoms with Crippen LogP contribution in [0.3, 0.4) is 0 Å². The largest absolute Gasteiger partial charge is 0.413 e. The summed E-state index contributed by atoms with van der Waals surface area (Å²) < 4.78 is 31.2. The van der Waals surface area contributed by atoms with E-state index in [0.29, 0.717) is 0 Å². The Labute approximate surface area is 111 Å². The predicted molar refractivity (Wildman–Crippen MR) is 69.4 cm³/mol. The minimum absolute atomic E-state index is 0.157. The first-order chi connectivity index (χ1) is 8.56. The highest BCUT2D eigenvalue weighted by Gasteiger charge is 2.24. The van der Waals surface area contributed by atoms with E-state index in [-0.39, 0.29) is 5.60 Å². The van der Waals surface area contributed by atoms with Gasteiger partial charge in [0.15, 0.2) is 11.6 Å². The third-order valence-electron chi connectivity index (χ3n) is 3.59. The van der Waals surface area contributed by atoms with Crippen LogP contribution in [0.1, 0.15) is 45.1 Å². The van der Waals surface area contributed by atoms with Gasteiger partial charge in [-0.15, -0.1) is 0 Å². The number of aryl methyl sites for hydroxylation is 1. The summed E-state index contributed by atoms with van der Waals surface area (Å²) in [7, 11) is 3.14. The lowest BCUT2D eigenvalue weighted by atomic mass is 9.90. The summed E-state index contributed by atoms with van der Waals surface area (Å²) in [5.41, 5.74) is 0.666. The van der Waals surface area contributed by atoms with Crippen LogP contribution in [0.25, 0.3) is 0 Å². The number of hydrogen-bond donors (Lipinski definition) is 0. The molecule has 0 aliphatic carbocycles. The Kier molecular flexibility index (Phi) is 5.95. The molecule has 18 heavy (non-hydrogen) atoms. The molecule has 0 aliphatic heterocycles. The molecule has 0 unspecified atom stereocenters. The standard InChI is InChI=1S/C14H19F2OSi/c1-3-14(4-2,17-18)9-5-6-11-7-8-12(15)13(16)10-11/h7-8,10H,3-6,9H2,1-2H3. The van der Waals surface area contributed by atoms with Crippen molar-refractivity contribution in [3.63, 3.8) is 0 Å². The van der Waals surface area contributed by atoms with Crippen LogP contribution in [0.4, 0.5) is 8.78 Å². The van der Waals surface area contributed by atoms with Crippen molar-refractivity contribution in [3.05, 3.63) is 35.4 Å². The molecule has 0 amide bonds. The minimum atomic E-state index is -0.793. The van der Waals surface area contributed by atoms with Crippen LogP contribution in [0.2, 0.25) is 0 Å². The molecular weight excluding hydrogens is 250 g/mol. The van der Waals surface area contributed by atoms with Crippen LogP contribution in [-0.2, 0) is 10.8 Å². The van der Waals surface area contributed by atoms with Gasteiger partial charge in [-0.05, 0) is 49.8 Å². The summed E-state index contributed by atoms with van der Waals surface area (Å²) in [6.45, 7) is 4.17. The van der Waals surface area contributed by atoms with Crippen molar-refractivity contribution in [1.29, 1.82) is 0 Å². The molecule has 99 valence electrons. The second-order valence-electron chi connectivity index (χ2n) is 4.59. The molecule has 1 nitrogen and oxygen atoms in total. The minimum Gasteiger partial charge on any atom is -0.413 e. The molecule has 0 saturated heterocycles. The van der Waals surface area contributed by atoms with Gasteiger partial charge in [-0.2, -0.15) is 0 Å². The summed E-state index contributed by atoms with van der Waals surface area (Å²) >= 11 is 0. The van der Waals surface area contributed by atoms with Crippen LogP contribution in [0.15, 0.2) is 18.2 Å². The molecule has 3 radical (unpaired) electrons. The zero-order chi connectivity index (χ0) is 13.6. The van der Waals surface area contributed by atoms with Gasteiger partial charge in [0.2, 0.25) is 10.5 Å². The van der Waals surface area contributed by atoms with Gasteiger partial charge in [0.25, 0.3) is 0 Å². The SMILES string of the molecule is CCC(CC)(CCCc1ccc(F)c(F)c1)O[Si]. The fourth-order valence-corrected chi connectivity index (χ4v) is 2.50. The van der Waals surface area contributed by atoms with Crippen molar-refractivity contribution in [2.24, 2.45) is 0 Å². The van der Waals surface area contributed by atoms with E-state index in [0.717, 1.165) is 37.7 Å². The Morgan fingerprint density at radius 3 is 2.33 bits per heavy atom. The zero-order valence-corrected chi connectivity index (χ0v) is 11.9. The maximum absolute atomic E-state index is 13.0. The van der Waals surface area contributed by atoms with Crippen LogP contribution >= 0.6 is 0 Å². The van der Waals surface area contributed by atoms with E-state index in [4.69, 9.17) is 4.43 Å². The lowest BCUT2D eigenvalue weighted by Gasteiger charge is -2.30. The highest BCUT2D eigenvalue weighted by molar-refractivity contribution is 5.98. The Morgan fingerprint density at radius 1 is 1.17 bits per heavy atom. The van der Waals surface area contributed by atoms with Crippen LogP contribution < -0.4 is 0 Å². The first-order valence-corrected chi connectivity index (χ1v) is 6.76. The number of benzene rings is 1. The molecule has 0 heterocycles. The van der Waals surface area contributed by atoms with Crippen molar-refractivity contribution >= 4 is 10.5 Å². The summed E-state index contributed by atoms with van der Waals surface area (Å²) in [6, 6.07) is 4.08. The van der Waals surface area contributed by atoms with E-state index in [2.05, 4.69) is 24.3 Å². The summed E-state index contributed by atoms with van der Waals surface area (Å²) in [4.78, 5) is 0. The Bertz CT molecular complexity index is 370. The molecule has 4 heteroatoms. The van der Waals surface area contributed by atoms with E-state index in [1.54, 1.807) is 6.07 Å². The highest BCUT2D eigenvalue weighted by Crippen LogP contribution is 2.26. The second-order valence-corrected chi connectivity index (χ2v) is 4.80. The average molecular weight is 269 g/mol. The third-order valence-corrected chi connectivity index (χ3v) is 4.02. The van der Waals surface area contributed by atoms with E-state index in [1.165, 1.54) is 12.1 Å². The van der Waals surface area contributed by atoms with Crippen LogP contribution in [-0.4, -0.2) is 16.1 Å². The number of rotatable bonds is 7. The lowest BCUT2D eigenvalue weighted by Crippen LogP contribution is -2.30. The Hall–Kier alpha value is -0.743. The molecule has 0 aromatic heterocycles. The number of hydrogen-bond acceptors (Lipinski definition) is 1. The van der Waals surface area contributed by atoms with Crippen molar-refractivity contribution in [3.8, 4) is 0 Å². The lowest BCUT2D eigenvalue weighted by molar-refractivity contribution is 0.0592. The van der Waals surface area contributed by atoms with Gasteiger partial charge in [0.1, 0.15) is 0 Å². The molecule has 0 bridgehead atoms. The van der Waals surface area contributed by atoms with E-state index in [9.17, 15) is 8.78 Å². The van der Waals surface area contributed by atoms with Gasteiger partial charge in [0.05, 0.1) is 5.60 Å². The predicted octanol–water partition coefficient (Wildman–Crippen LogP) is 3.95. The van der Waals surface area contributed by atoms with Gasteiger partial charge in [-0.1, -0.05) is 19.9 Å². The van der Waals surface area contributed by atoms with Crippen molar-refractivity contribution in [2.45, 2.75) is 51.6 Å². The quantitative estimate of drug-likeness (QED) is 0.681. The van der Waals surface area contributed by atoms with Crippen LogP contribution in [0, 0.1) is 11.6 Å². The normalized spacial score (nSPS) is 11.8. The maximum atomic E-state index is 13.0. The molecule has 0 fully saturated rings. The molecule has 1 aromatic carbocycles. The molecule has 0 spiro atoms. The van der Waals surface area contributed by atoms with Crippen molar-refractivity contribution < 1.29 is 13.2 Å². The topological polar surface area (TPSA) is 9.23 Å². The first-order valence-electron chi connectivity index (χ1n) is 6.35. The van der Waals surface area contributed by atoms with Gasteiger partial charge < -0.3 is 4.43 Å². The van der Waals surface area contributed by atoms with Gasteiger partial charge in [0, 0.05) is 0 Å². The molecule has 1 rings (SSSR count). The van der Waals surface area contributed by atoms with E-state index in [1.807, 2.05) is 0 Å². The monoisotopic (exact) mass is 269 g/mol. The molecule has 0 aliphatic rings. The third kappa shape index (κ3) is 3.88. The highest BCUT2D eigenvalue weighted by atomic mass is 28.2.